The summed E-state index contributed by atoms with van der Waals surface area (Å²) in [6.45, 7) is 3.53. The number of aliphatic hydroxyl groups is 1. The van der Waals surface area contributed by atoms with E-state index >= 15 is 0 Å². The van der Waals surface area contributed by atoms with Crippen molar-refractivity contribution in [2.24, 2.45) is 0 Å². The molecule has 2 amide bonds. The molecule has 2 aliphatic heterocycles. The number of methoxy groups -OCH3 is 1. The number of carbonyl (C=O) groups is 1. The molecular formula is C25H32F3N3O4. The van der Waals surface area contributed by atoms with Gasteiger partial charge in [0, 0.05) is 45.6 Å². The molecule has 2 atom stereocenters. The van der Waals surface area contributed by atoms with E-state index in [2.05, 4.69) is 4.98 Å². The lowest BCUT2D eigenvalue weighted by atomic mass is 9.83. The fourth-order valence-electron chi connectivity index (χ4n) is 4.96. The van der Waals surface area contributed by atoms with Crippen molar-refractivity contribution in [2.45, 2.75) is 56.7 Å². The molecule has 1 aromatic heterocycles. The second-order valence-corrected chi connectivity index (χ2v) is 9.53. The van der Waals surface area contributed by atoms with Crippen LogP contribution in [0.2, 0.25) is 0 Å². The smallest absolute Gasteiger partial charge is 0.416 e. The van der Waals surface area contributed by atoms with Crippen LogP contribution in [0.3, 0.4) is 0 Å². The summed E-state index contributed by atoms with van der Waals surface area (Å²) < 4.78 is 51.6. The number of aromatic nitrogens is 1. The predicted molar refractivity (Wildman–Crippen MR) is 122 cm³/mol. The number of aryl methyl sites for hydroxylation is 1. The lowest BCUT2D eigenvalue weighted by molar-refractivity contribution is -0.138. The van der Waals surface area contributed by atoms with Gasteiger partial charge >= 0.3 is 12.2 Å². The minimum atomic E-state index is -4.45. The number of benzene rings is 1. The van der Waals surface area contributed by atoms with E-state index < -0.39 is 17.8 Å². The van der Waals surface area contributed by atoms with Gasteiger partial charge in [-0.1, -0.05) is 12.1 Å². The molecule has 0 radical (unpaired) electrons. The van der Waals surface area contributed by atoms with Crippen LogP contribution >= 0.6 is 0 Å². The number of hydrogen-bond donors (Lipinski definition) is 1. The molecule has 3 heterocycles. The maximum atomic E-state index is 13.6. The zero-order chi connectivity index (χ0) is 25.2. The van der Waals surface area contributed by atoms with Crippen molar-refractivity contribution >= 4 is 6.03 Å². The molecule has 0 spiro atoms. The highest BCUT2D eigenvalue weighted by atomic mass is 19.4. The molecule has 4 rings (SSSR count). The number of oxazole rings is 1. The molecule has 192 valence electrons. The van der Waals surface area contributed by atoms with Crippen molar-refractivity contribution < 1.29 is 32.2 Å². The molecule has 0 saturated carbocycles. The minimum absolute atomic E-state index is 0.166. The van der Waals surface area contributed by atoms with E-state index in [0.29, 0.717) is 69.9 Å². The lowest BCUT2D eigenvalue weighted by Crippen LogP contribution is -2.51. The first-order valence-electron chi connectivity index (χ1n) is 12.0. The lowest BCUT2D eigenvalue weighted by Gasteiger charge is -2.41. The third-order valence-electron chi connectivity index (χ3n) is 6.98. The summed E-state index contributed by atoms with van der Waals surface area (Å²) in [5.41, 5.74) is 0.800. The van der Waals surface area contributed by atoms with Crippen LogP contribution in [0, 0.1) is 6.92 Å². The fraction of sp³-hybridized carbons (Fsp3) is 0.600. The maximum Gasteiger partial charge on any atom is 0.416 e. The number of hydrogen-bond acceptors (Lipinski definition) is 5. The number of rotatable bonds is 5. The molecular weight excluding hydrogens is 463 g/mol. The SMILES string of the molecule is COCCc1coc(C2CC(c3ccc(C)c(C(F)(F)F)c3)CN(C(=O)N3CCC(O)CC3)C2)n1. The summed E-state index contributed by atoms with van der Waals surface area (Å²) in [5, 5.41) is 9.81. The first-order chi connectivity index (χ1) is 16.7. The van der Waals surface area contributed by atoms with E-state index in [4.69, 9.17) is 9.15 Å². The highest BCUT2D eigenvalue weighted by Crippen LogP contribution is 2.39. The molecule has 2 aromatic rings. The fourth-order valence-corrected chi connectivity index (χ4v) is 4.96. The first kappa shape index (κ1) is 25.5. The molecule has 1 aromatic carbocycles. The molecule has 2 saturated heterocycles. The normalized spacial score (nSPS) is 22.0. The third kappa shape index (κ3) is 5.98. The van der Waals surface area contributed by atoms with Crippen LogP contribution in [-0.4, -0.2) is 71.9 Å². The zero-order valence-corrected chi connectivity index (χ0v) is 20.1. The van der Waals surface area contributed by atoms with Gasteiger partial charge in [-0.15, -0.1) is 0 Å². The van der Waals surface area contributed by atoms with Gasteiger partial charge in [0.2, 0.25) is 0 Å². The molecule has 0 bridgehead atoms. The Kier molecular flexibility index (Phi) is 7.70. The Balaban J connectivity index is 1.61. The molecule has 10 heteroatoms. The van der Waals surface area contributed by atoms with Gasteiger partial charge in [-0.05, 0) is 43.4 Å². The highest BCUT2D eigenvalue weighted by Gasteiger charge is 2.38. The number of nitrogens with zero attached hydrogens (tertiary/aromatic N) is 3. The summed E-state index contributed by atoms with van der Waals surface area (Å²) in [6, 6.07) is 4.26. The Labute approximate surface area is 202 Å². The van der Waals surface area contributed by atoms with Crippen molar-refractivity contribution in [3.05, 3.63) is 52.7 Å². The molecule has 2 unspecified atom stereocenters. The summed E-state index contributed by atoms with van der Waals surface area (Å²) >= 11 is 0. The van der Waals surface area contributed by atoms with Crippen molar-refractivity contribution in [1.82, 2.24) is 14.8 Å². The number of likely N-dealkylation sites (tertiary alicyclic amines) is 2. The number of aliphatic hydroxyl groups excluding tert-OH is 1. The number of piperidine rings is 2. The predicted octanol–water partition coefficient (Wildman–Crippen LogP) is 4.34. The number of amides is 2. The highest BCUT2D eigenvalue weighted by molar-refractivity contribution is 5.75. The standard InChI is InChI=1S/C25H32F3N3O4/c1-16-3-4-17(12-22(16)25(26,27)28)18-11-19(23-29-20(15-35-23)7-10-34-2)14-31(13-18)24(33)30-8-5-21(32)6-9-30/h3-4,12,15,18-19,21,32H,5-11,13-14H2,1-2H3. The van der Waals surface area contributed by atoms with Crippen molar-refractivity contribution in [3.63, 3.8) is 0 Å². The third-order valence-corrected chi connectivity index (χ3v) is 6.98. The van der Waals surface area contributed by atoms with Gasteiger partial charge in [0.25, 0.3) is 0 Å². The maximum absolute atomic E-state index is 13.6. The van der Waals surface area contributed by atoms with Crippen molar-refractivity contribution in [1.29, 1.82) is 0 Å². The number of alkyl halides is 3. The van der Waals surface area contributed by atoms with E-state index in [1.165, 1.54) is 19.1 Å². The largest absolute Gasteiger partial charge is 0.448 e. The summed E-state index contributed by atoms with van der Waals surface area (Å²) in [6.07, 6.45) is -1.15. The Morgan fingerprint density at radius 3 is 2.60 bits per heavy atom. The average molecular weight is 496 g/mol. The van der Waals surface area contributed by atoms with E-state index in [1.807, 2.05) is 0 Å². The van der Waals surface area contributed by atoms with Gasteiger partial charge < -0.3 is 24.1 Å². The number of carbonyl (C=O) groups excluding carboxylic acids is 1. The second-order valence-electron chi connectivity index (χ2n) is 9.53. The summed E-state index contributed by atoms with van der Waals surface area (Å²) in [7, 11) is 1.60. The molecule has 7 nitrogen and oxygen atoms in total. The monoisotopic (exact) mass is 495 g/mol. The Morgan fingerprint density at radius 2 is 1.91 bits per heavy atom. The Hall–Kier alpha value is -2.59. The van der Waals surface area contributed by atoms with Gasteiger partial charge in [-0.3, -0.25) is 0 Å². The second kappa shape index (κ2) is 10.6. The summed E-state index contributed by atoms with van der Waals surface area (Å²) in [4.78, 5) is 21.3. The van der Waals surface area contributed by atoms with E-state index in [-0.39, 0.29) is 23.4 Å². The minimum Gasteiger partial charge on any atom is -0.448 e. The van der Waals surface area contributed by atoms with Crippen LogP contribution in [-0.2, 0) is 17.3 Å². The topological polar surface area (TPSA) is 79.0 Å². The van der Waals surface area contributed by atoms with Crippen LogP contribution in [0.5, 0.6) is 0 Å². The molecule has 35 heavy (non-hydrogen) atoms. The average Bonchev–Trinajstić information content (AvgIpc) is 3.31. The van der Waals surface area contributed by atoms with Gasteiger partial charge in [-0.2, -0.15) is 13.2 Å². The summed E-state index contributed by atoms with van der Waals surface area (Å²) in [5.74, 6) is -0.0695. The van der Waals surface area contributed by atoms with Crippen LogP contribution in [0.25, 0.3) is 0 Å². The van der Waals surface area contributed by atoms with E-state index in [1.54, 1.807) is 29.2 Å². The van der Waals surface area contributed by atoms with Crippen LogP contribution in [0.15, 0.2) is 28.9 Å². The number of halogens is 3. The van der Waals surface area contributed by atoms with E-state index in [9.17, 15) is 23.1 Å². The van der Waals surface area contributed by atoms with Crippen molar-refractivity contribution in [2.75, 3.05) is 39.9 Å². The first-order valence-corrected chi connectivity index (χ1v) is 12.0. The van der Waals surface area contributed by atoms with E-state index in [0.717, 1.165) is 5.69 Å². The Morgan fingerprint density at radius 1 is 1.20 bits per heavy atom. The van der Waals surface area contributed by atoms with Gasteiger partial charge in [-0.25, -0.2) is 9.78 Å². The van der Waals surface area contributed by atoms with Crippen LogP contribution in [0.4, 0.5) is 18.0 Å². The molecule has 2 aliphatic rings. The zero-order valence-electron chi connectivity index (χ0n) is 20.1. The quantitative estimate of drug-likeness (QED) is 0.668. The number of ether oxygens (including phenoxy) is 1. The molecule has 0 aliphatic carbocycles. The molecule has 1 N–H and O–H groups in total. The van der Waals surface area contributed by atoms with Gasteiger partial charge in [0.1, 0.15) is 6.26 Å². The van der Waals surface area contributed by atoms with Crippen molar-refractivity contribution in [3.8, 4) is 0 Å². The van der Waals surface area contributed by atoms with Crippen LogP contribution in [0.1, 0.15) is 59.4 Å². The van der Waals surface area contributed by atoms with Gasteiger partial charge in [0.05, 0.1) is 29.9 Å². The molecule has 2 fully saturated rings. The van der Waals surface area contributed by atoms with Gasteiger partial charge in [0.15, 0.2) is 5.89 Å². The Bertz CT molecular complexity index is 1020. The van der Waals surface area contributed by atoms with Crippen LogP contribution < -0.4 is 0 Å². The number of urea groups is 1.